The summed E-state index contributed by atoms with van der Waals surface area (Å²) in [6, 6.07) is 15.0. The molecule has 2 aromatic carbocycles. The van der Waals surface area contributed by atoms with E-state index in [1.54, 1.807) is 24.3 Å². The molecule has 0 aliphatic carbocycles. The highest BCUT2D eigenvalue weighted by Crippen LogP contribution is 2.26. The van der Waals surface area contributed by atoms with Crippen molar-refractivity contribution >= 4 is 17.5 Å². The summed E-state index contributed by atoms with van der Waals surface area (Å²) in [5, 5.41) is 5.69. The second-order valence-electron chi connectivity index (χ2n) is 6.29. The SMILES string of the molecule is CC(=O)Nc1cccc(C(=O)NCC2CCOc3ccccc3C2)c1. The van der Waals surface area contributed by atoms with Crippen LogP contribution in [-0.2, 0) is 11.2 Å². The fourth-order valence-corrected chi connectivity index (χ4v) is 3.02. The molecule has 130 valence electrons. The molecule has 2 amide bonds. The van der Waals surface area contributed by atoms with Crippen LogP contribution in [0.3, 0.4) is 0 Å². The number of benzene rings is 2. The summed E-state index contributed by atoms with van der Waals surface area (Å²) in [6.07, 6.45) is 1.79. The first-order valence-corrected chi connectivity index (χ1v) is 8.48. The van der Waals surface area contributed by atoms with Crippen LogP contribution in [0.5, 0.6) is 5.75 Å². The molecule has 0 saturated heterocycles. The fraction of sp³-hybridized carbons (Fsp3) is 0.300. The summed E-state index contributed by atoms with van der Waals surface area (Å²) in [5.41, 5.74) is 2.35. The van der Waals surface area contributed by atoms with Crippen LogP contribution in [0.2, 0.25) is 0 Å². The number of anilines is 1. The summed E-state index contributed by atoms with van der Waals surface area (Å²) in [4.78, 5) is 23.5. The van der Waals surface area contributed by atoms with Gasteiger partial charge in [-0.05, 0) is 48.6 Å². The summed E-state index contributed by atoms with van der Waals surface area (Å²) in [6.45, 7) is 2.70. The molecule has 1 aliphatic rings. The molecule has 0 aromatic heterocycles. The highest BCUT2D eigenvalue weighted by atomic mass is 16.5. The topological polar surface area (TPSA) is 67.4 Å². The largest absolute Gasteiger partial charge is 0.493 e. The van der Waals surface area contributed by atoms with Crippen molar-refractivity contribution in [1.29, 1.82) is 0 Å². The van der Waals surface area contributed by atoms with E-state index in [9.17, 15) is 9.59 Å². The van der Waals surface area contributed by atoms with E-state index in [0.29, 0.717) is 30.3 Å². The molecule has 2 N–H and O–H groups in total. The molecule has 0 fully saturated rings. The molecular weight excluding hydrogens is 316 g/mol. The van der Waals surface area contributed by atoms with E-state index in [1.165, 1.54) is 12.5 Å². The third-order valence-electron chi connectivity index (χ3n) is 4.26. The number of rotatable bonds is 4. The molecule has 1 atom stereocenters. The highest BCUT2D eigenvalue weighted by Gasteiger charge is 2.18. The predicted octanol–water partition coefficient (Wildman–Crippen LogP) is 3.02. The molecule has 0 bridgehead atoms. The number of ether oxygens (including phenoxy) is 1. The minimum atomic E-state index is -0.158. The summed E-state index contributed by atoms with van der Waals surface area (Å²) in [7, 11) is 0. The quantitative estimate of drug-likeness (QED) is 0.900. The standard InChI is InChI=1S/C20H22N2O3/c1-14(23)22-18-7-4-6-17(12-18)20(24)21-13-15-9-10-25-19-8-3-2-5-16(19)11-15/h2-8,12,15H,9-11,13H2,1H3,(H,21,24)(H,22,23). The number of amides is 2. The number of hydrogen-bond donors (Lipinski definition) is 2. The Kier molecular flexibility index (Phi) is 5.33. The number of para-hydroxylation sites is 1. The highest BCUT2D eigenvalue weighted by molar-refractivity contribution is 5.96. The van der Waals surface area contributed by atoms with Gasteiger partial charge in [-0.2, -0.15) is 0 Å². The number of carbonyl (C=O) groups excluding carboxylic acids is 2. The Labute approximate surface area is 147 Å². The molecular formula is C20H22N2O3. The van der Waals surface area contributed by atoms with Crippen LogP contribution >= 0.6 is 0 Å². The van der Waals surface area contributed by atoms with Crippen LogP contribution in [0.4, 0.5) is 5.69 Å². The van der Waals surface area contributed by atoms with Gasteiger partial charge in [0.2, 0.25) is 5.91 Å². The molecule has 1 unspecified atom stereocenters. The maximum atomic E-state index is 12.4. The Morgan fingerprint density at radius 2 is 2.00 bits per heavy atom. The number of carbonyl (C=O) groups is 2. The maximum Gasteiger partial charge on any atom is 0.251 e. The second kappa shape index (κ2) is 7.83. The summed E-state index contributed by atoms with van der Waals surface area (Å²) >= 11 is 0. The van der Waals surface area contributed by atoms with Crippen LogP contribution < -0.4 is 15.4 Å². The van der Waals surface area contributed by atoms with Gasteiger partial charge in [-0.15, -0.1) is 0 Å². The number of nitrogens with one attached hydrogen (secondary N) is 2. The average molecular weight is 338 g/mol. The smallest absolute Gasteiger partial charge is 0.251 e. The molecule has 1 heterocycles. The Morgan fingerprint density at radius 1 is 1.16 bits per heavy atom. The van der Waals surface area contributed by atoms with Crippen molar-refractivity contribution in [2.75, 3.05) is 18.5 Å². The minimum absolute atomic E-state index is 0.134. The molecule has 5 heteroatoms. The summed E-state index contributed by atoms with van der Waals surface area (Å²) < 4.78 is 5.77. The third-order valence-corrected chi connectivity index (χ3v) is 4.26. The minimum Gasteiger partial charge on any atom is -0.493 e. The number of fused-ring (bicyclic) bond motifs is 1. The molecule has 3 rings (SSSR count). The summed E-state index contributed by atoms with van der Waals surface area (Å²) in [5.74, 6) is 0.991. The van der Waals surface area contributed by atoms with E-state index in [4.69, 9.17) is 4.74 Å². The first-order chi connectivity index (χ1) is 12.1. The van der Waals surface area contributed by atoms with E-state index < -0.39 is 0 Å². The van der Waals surface area contributed by atoms with Crippen molar-refractivity contribution in [3.63, 3.8) is 0 Å². The van der Waals surface area contributed by atoms with Crippen molar-refractivity contribution in [1.82, 2.24) is 5.32 Å². The van der Waals surface area contributed by atoms with E-state index in [0.717, 1.165) is 18.6 Å². The van der Waals surface area contributed by atoms with Gasteiger partial charge in [-0.25, -0.2) is 0 Å². The normalized spacial score (nSPS) is 16.1. The molecule has 5 nitrogen and oxygen atoms in total. The zero-order valence-electron chi connectivity index (χ0n) is 14.2. The van der Waals surface area contributed by atoms with Gasteiger partial charge in [-0.1, -0.05) is 24.3 Å². The van der Waals surface area contributed by atoms with Crippen molar-refractivity contribution in [3.8, 4) is 5.75 Å². The Morgan fingerprint density at radius 3 is 2.84 bits per heavy atom. The van der Waals surface area contributed by atoms with Gasteiger partial charge in [0.25, 0.3) is 5.91 Å². The van der Waals surface area contributed by atoms with E-state index in [-0.39, 0.29) is 11.8 Å². The van der Waals surface area contributed by atoms with Crippen molar-refractivity contribution < 1.29 is 14.3 Å². The lowest BCUT2D eigenvalue weighted by molar-refractivity contribution is -0.114. The van der Waals surface area contributed by atoms with Crippen molar-refractivity contribution in [2.24, 2.45) is 5.92 Å². The van der Waals surface area contributed by atoms with E-state index in [1.807, 2.05) is 18.2 Å². The first kappa shape index (κ1) is 17.0. The van der Waals surface area contributed by atoms with Crippen LogP contribution in [-0.4, -0.2) is 25.0 Å². The molecule has 0 spiro atoms. The zero-order chi connectivity index (χ0) is 17.6. The Bertz CT molecular complexity index is 773. The van der Waals surface area contributed by atoms with Crippen molar-refractivity contribution in [3.05, 3.63) is 59.7 Å². The van der Waals surface area contributed by atoms with Crippen LogP contribution in [0.15, 0.2) is 48.5 Å². The second-order valence-corrected chi connectivity index (χ2v) is 6.29. The van der Waals surface area contributed by atoms with Gasteiger partial charge in [0.15, 0.2) is 0 Å². The molecule has 0 saturated carbocycles. The third kappa shape index (κ3) is 4.59. The monoisotopic (exact) mass is 338 g/mol. The molecule has 0 radical (unpaired) electrons. The van der Waals surface area contributed by atoms with Crippen LogP contribution in [0, 0.1) is 5.92 Å². The first-order valence-electron chi connectivity index (χ1n) is 8.48. The van der Waals surface area contributed by atoms with Gasteiger partial charge < -0.3 is 15.4 Å². The number of hydrogen-bond acceptors (Lipinski definition) is 3. The van der Waals surface area contributed by atoms with Crippen LogP contribution in [0.25, 0.3) is 0 Å². The Hall–Kier alpha value is -2.82. The van der Waals surface area contributed by atoms with Gasteiger partial charge >= 0.3 is 0 Å². The maximum absolute atomic E-state index is 12.4. The van der Waals surface area contributed by atoms with Crippen LogP contribution in [0.1, 0.15) is 29.3 Å². The van der Waals surface area contributed by atoms with Gasteiger partial charge in [0.1, 0.15) is 5.75 Å². The van der Waals surface area contributed by atoms with Gasteiger partial charge in [0.05, 0.1) is 6.61 Å². The Balaban J connectivity index is 1.60. The van der Waals surface area contributed by atoms with E-state index in [2.05, 4.69) is 16.7 Å². The zero-order valence-corrected chi connectivity index (χ0v) is 14.2. The average Bonchev–Trinajstić information content (AvgIpc) is 2.81. The van der Waals surface area contributed by atoms with Gasteiger partial charge in [0, 0.05) is 24.7 Å². The predicted molar refractivity (Wildman–Crippen MR) is 96.8 cm³/mol. The molecule has 2 aromatic rings. The lowest BCUT2D eigenvalue weighted by Gasteiger charge is -2.15. The van der Waals surface area contributed by atoms with Crippen molar-refractivity contribution in [2.45, 2.75) is 19.8 Å². The molecule has 25 heavy (non-hydrogen) atoms. The lowest BCUT2D eigenvalue weighted by Crippen LogP contribution is -2.30. The molecule has 1 aliphatic heterocycles. The fourth-order valence-electron chi connectivity index (χ4n) is 3.02. The van der Waals surface area contributed by atoms with Gasteiger partial charge in [-0.3, -0.25) is 9.59 Å². The lowest BCUT2D eigenvalue weighted by atomic mass is 9.97. The van der Waals surface area contributed by atoms with E-state index >= 15 is 0 Å².